The van der Waals surface area contributed by atoms with E-state index in [1.54, 1.807) is 31.3 Å². The first-order chi connectivity index (χ1) is 13.6. The molecular weight excluding hydrogens is 354 g/mol. The molecule has 0 saturated heterocycles. The van der Waals surface area contributed by atoms with Crippen LogP contribution < -0.4 is 4.74 Å². The maximum Gasteiger partial charge on any atom is 0.338 e. The van der Waals surface area contributed by atoms with Crippen LogP contribution in [0.4, 0.5) is 0 Å². The summed E-state index contributed by atoms with van der Waals surface area (Å²) in [7, 11) is 1.68. The lowest BCUT2D eigenvalue weighted by molar-refractivity contribution is -0.133. The van der Waals surface area contributed by atoms with Crippen LogP contribution in [0.15, 0.2) is 84.9 Å². The Morgan fingerprint density at radius 2 is 1.36 bits per heavy atom. The number of likely N-dealkylation sites (N-methyl/N-ethyl adjacent to an activating group) is 1. The van der Waals surface area contributed by atoms with Gasteiger partial charge in [-0.1, -0.05) is 48.5 Å². The van der Waals surface area contributed by atoms with Crippen LogP contribution in [0.25, 0.3) is 0 Å². The maximum atomic E-state index is 12.2. The monoisotopic (exact) mass is 375 g/mol. The van der Waals surface area contributed by atoms with E-state index in [4.69, 9.17) is 9.47 Å². The molecule has 28 heavy (non-hydrogen) atoms. The van der Waals surface area contributed by atoms with Gasteiger partial charge in [0.2, 0.25) is 0 Å². The molecule has 0 unspecified atom stereocenters. The smallest absolute Gasteiger partial charge is 0.338 e. The molecule has 0 atom stereocenters. The minimum atomic E-state index is -0.548. The van der Waals surface area contributed by atoms with E-state index in [9.17, 15) is 9.59 Å². The lowest BCUT2D eigenvalue weighted by atomic mass is 10.2. The molecule has 0 spiro atoms. The lowest BCUT2D eigenvalue weighted by Gasteiger charge is -2.17. The van der Waals surface area contributed by atoms with Crippen molar-refractivity contribution in [1.82, 2.24) is 4.90 Å². The van der Waals surface area contributed by atoms with Gasteiger partial charge in [0.1, 0.15) is 11.5 Å². The number of nitrogens with zero attached hydrogens (tertiary/aromatic N) is 1. The summed E-state index contributed by atoms with van der Waals surface area (Å²) < 4.78 is 10.8. The standard InChI is InChI=1S/C23H21NO4/c1-24(16-18-8-4-2-5-9-18)22(25)17-27-23(26)19-12-14-21(15-13-19)28-20-10-6-3-7-11-20/h2-15H,16-17H2,1H3. The Balaban J connectivity index is 1.49. The summed E-state index contributed by atoms with van der Waals surface area (Å²) in [5.41, 5.74) is 1.37. The van der Waals surface area contributed by atoms with Crippen molar-refractivity contribution < 1.29 is 19.1 Å². The minimum Gasteiger partial charge on any atom is -0.457 e. The average molecular weight is 375 g/mol. The molecule has 5 heteroatoms. The third kappa shape index (κ3) is 5.45. The highest BCUT2D eigenvalue weighted by Gasteiger charge is 2.14. The van der Waals surface area contributed by atoms with E-state index in [0.717, 1.165) is 5.56 Å². The van der Waals surface area contributed by atoms with Crippen LogP contribution in [-0.2, 0) is 16.1 Å². The van der Waals surface area contributed by atoms with E-state index >= 15 is 0 Å². The Morgan fingerprint density at radius 1 is 0.786 bits per heavy atom. The number of benzene rings is 3. The van der Waals surface area contributed by atoms with E-state index in [1.165, 1.54) is 4.90 Å². The number of ether oxygens (including phenoxy) is 2. The Bertz CT molecular complexity index is 908. The first-order valence-corrected chi connectivity index (χ1v) is 8.90. The van der Waals surface area contributed by atoms with Crippen LogP contribution in [0, 0.1) is 0 Å². The fourth-order valence-corrected chi connectivity index (χ4v) is 2.55. The molecule has 0 heterocycles. The first kappa shape index (κ1) is 19.2. The molecule has 0 aliphatic rings. The Hall–Kier alpha value is -3.60. The van der Waals surface area contributed by atoms with Crippen molar-refractivity contribution in [2.24, 2.45) is 0 Å². The molecule has 3 aromatic rings. The molecule has 0 saturated carbocycles. The van der Waals surface area contributed by atoms with E-state index < -0.39 is 5.97 Å². The third-order valence-electron chi connectivity index (χ3n) is 4.08. The van der Waals surface area contributed by atoms with Gasteiger partial charge < -0.3 is 14.4 Å². The molecule has 0 fully saturated rings. The molecule has 0 aromatic heterocycles. The summed E-state index contributed by atoms with van der Waals surface area (Å²) >= 11 is 0. The van der Waals surface area contributed by atoms with Gasteiger partial charge in [-0.2, -0.15) is 0 Å². The summed E-state index contributed by atoms with van der Waals surface area (Å²) in [6.07, 6.45) is 0. The third-order valence-corrected chi connectivity index (χ3v) is 4.08. The molecule has 0 bridgehead atoms. The summed E-state index contributed by atoms with van der Waals surface area (Å²) in [6.45, 7) is 0.160. The number of rotatable bonds is 7. The molecule has 142 valence electrons. The molecule has 0 aliphatic carbocycles. The maximum absolute atomic E-state index is 12.2. The molecular formula is C23H21NO4. The highest BCUT2D eigenvalue weighted by Crippen LogP contribution is 2.21. The van der Waals surface area contributed by atoms with Crippen LogP contribution in [0.2, 0.25) is 0 Å². The summed E-state index contributed by atoms with van der Waals surface area (Å²) in [5.74, 6) is 0.514. The van der Waals surface area contributed by atoms with Crippen molar-refractivity contribution in [3.05, 3.63) is 96.1 Å². The van der Waals surface area contributed by atoms with E-state index in [-0.39, 0.29) is 12.5 Å². The summed E-state index contributed by atoms with van der Waals surface area (Å²) in [6, 6.07) is 25.6. The van der Waals surface area contributed by atoms with Crippen LogP contribution in [0.5, 0.6) is 11.5 Å². The predicted octanol–water partition coefficient (Wildman–Crippen LogP) is 4.29. The number of hydrogen-bond acceptors (Lipinski definition) is 4. The Labute approximate surface area is 164 Å². The second kappa shape index (κ2) is 9.37. The zero-order valence-electron chi connectivity index (χ0n) is 15.6. The highest BCUT2D eigenvalue weighted by atomic mass is 16.5. The van der Waals surface area contributed by atoms with Crippen molar-refractivity contribution in [1.29, 1.82) is 0 Å². The SMILES string of the molecule is CN(Cc1ccccc1)C(=O)COC(=O)c1ccc(Oc2ccccc2)cc1. The van der Waals surface area contributed by atoms with Gasteiger partial charge in [0.15, 0.2) is 6.61 Å². The van der Waals surface area contributed by atoms with Gasteiger partial charge in [-0.15, -0.1) is 0 Å². The number of carbonyl (C=O) groups excluding carboxylic acids is 2. The van der Waals surface area contributed by atoms with E-state index in [1.807, 2.05) is 60.7 Å². The zero-order chi connectivity index (χ0) is 19.8. The second-order valence-corrected chi connectivity index (χ2v) is 6.25. The molecule has 0 radical (unpaired) electrons. The summed E-state index contributed by atoms with van der Waals surface area (Å²) in [4.78, 5) is 25.9. The van der Waals surface area contributed by atoms with Gasteiger partial charge in [-0.25, -0.2) is 4.79 Å². The topological polar surface area (TPSA) is 55.8 Å². The molecule has 1 amide bonds. The van der Waals surface area contributed by atoms with Crippen LogP contribution in [0.3, 0.4) is 0 Å². The largest absolute Gasteiger partial charge is 0.457 e. The van der Waals surface area contributed by atoms with Crippen LogP contribution >= 0.6 is 0 Å². The van der Waals surface area contributed by atoms with Gasteiger partial charge >= 0.3 is 5.97 Å². The quantitative estimate of drug-likeness (QED) is 0.578. The second-order valence-electron chi connectivity index (χ2n) is 6.25. The number of hydrogen-bond donors (Lipinski definition) is 0. The Kier molecular flexibility index (Phi) is 6.41. The van der Waals surface area contributed by atoms with Crippen molar-refractivity contribution >= 4 is 11.9 Å². The van der Waals surface area contributed by atoms with Crippen molar-refractivity contribution in [2.45, 2.75) is 6.54 Å². The summed E-state index contributed by atoms with van der Waals surface area (Å²) in [5, 5.41) is 0. The van der Waals surface area contributed by atoms with Gasteiger partial charge in [-0.05, 0) is 42.0 Å². The van der Waals surface area contributed by atoms with E-state index in [2.05, 4.69) is 0 Å². The fraction of sp³-hybridized carbons (Fsp3) is 0.130. The number of esters is 1. The molecule has 0 N–H and O–H groups in total. The fourth-order valence-electron chi connectivity index (χ4n) is 2.55. The van der Waals surface area contributed by atoms with Gasteiger partial charge in [0, 0.05) is 13.6 Å². The Morgan fingerprint density at radius 3 is 2.00 bits per heavy atom. The molecule has 3 rings (SSSR count). The van der Waals surface area contributed by atoms with Gasteiger partial charge in [-0.3, -0.25) is 4.79 Å². The average Bonchev–Trinajstić information content (AvgIpc) is 2.73. The highest BCUT2D eigenvalue weighted by molar-refractivity contribution is 5.91. The van der Waals surface area contributed by atoms with Crippen LogP contribution in [0.1, 0.15) is 15.9 Å². The van der Waals surface area contributed by atoms with Crippen molar-refractivity contribution in [3.8, 4) is 11.5 Å². The number of carbonyl (C=O) groups is 2. The molecule has 0 aliphatic heterocycles. The first-order valence-electron chi connectivity index (χ1n) is 8.90. The normalized spacial score (nSPS) is 10.2. The zero-order valence-corrected chi connectivity index (χ0v) is 15.6. The number of amides is 1. The molecule has 5 nitrogen and oxygen atoms in total. The van der Waals surface area contributed by atoms with Gasteiger partial charge in [0.25, 0.3) is 5.91 Å². The van der Waals surface area contributed by atoms with Gasteiger partial charge in [0.05, 0.1) is 5.56 Å². The van der Waals surface area contributed by atoms with Crippen LogP contribution in [-0.4, -0.2) is 30.4 Å². The van der Waals surface area contributed by atoms with Crippen molar-refractivity contribution in [3.63, 3.8) is 0 Å². The van der Waals surface area contributed by atoms with Crippen molar-refractivity contribution in [2.75, 3.05) is 13.7 Å². The van der Waals surface area contributed by atoms with E-state index in [0.29, 0.717) is 23.6 Å². The lowest BCUT2D eigenvalue weighted by Crippen LogP contribution is -2.30. The number of para-hydroxylation sites is 1. The molecule has 3 aromatic carbocycles. The predicted molar refractivity (Wildman–Crippen MR) is 106 cm³/mol. The minimum absolute atomic E-state index is 0.263.